The maximum Gasteiger partial charge on any atom is 0.303 e. The highest BCUT2D eigenvalue weighted by molar-refractivity contribution is 7.92. The molecule has 0 aromatic heterocycles. The smallest absolute Gasteiger partial charge is 0.303 e. The van der Waals surface area contributed by atoms with Crippen molar-refractivity contribution in [2.75, 3.05) is 11.0 Å². The molecular weight excluding hydrogens is 427 g/mol. The summed E-state index contributed by atoms with van der Waals surface area (Å²) in [7, 11) is -3.50. The van der Waals surface area contributed by atoms with Crippen LogP contribution in [-0.4, -0.2) is 25.7 Å². The second-order valence-corrected chi connectivity index (χ2v) is 8.54. The maximum absolute atomic E-state index is 11.4. The van der Waals surface area contributed by atoms with Crippen LogP contribution in [0.25, 0.3) is 0 Å². The average Bonchev–Trinajstić information content (AvgIpc) is 2.57. The molecule has 0 fully saturated rings. The molecular formula is C18H16Cl2N2O5S. The molecule has 0 bridgehead atoms. The zero-order valence-electron chi connectivity index (χ0n) is 14.7. The first kappa shape index (κ1) is 21.8. The first-order chi connectivity index (χ1) is 13.1. The quantitative estimate of drug-likeness (QED) is 0.641. The van der Waals surface area contributed by atoms with E-state index in [4.69, 9.17) is 38.3 Å². The van der Waals surface area contributed by atoms with Crippen LogP contribution in [0.5, 0.6) is 5.75 Å². The zero-order valence-corrected chi connectivity index (χ0v) is 17.0. The van der Waals surface area contributed by atoms with Gasteiger partial charge in [0.15, 0.2) is 5.75 Å². The number of aryl methyl sites for hydroxylation is 1. The maximum atomic E-state index is 11.4. The summed E-state index contributed by atoms with van der Waals surface area (Å²) in [4.78, 5) is 10.7. The van der Waals surface area contributed by atoms with E-state index in [0.29, 0.717) is 11.1 Å². The summed E-state index contributed by atoms with van der Waals surface area (Å²) >= 11 is 12.4. The second-order valence-electron chi connectivity index (χ2n) is 5.98. The van der Waals surface area contributed by atoms with Crippen LogP contribution < -0.4 is 9.46 Å². The molecule has 2 aromatic rings. The minimum absolute atomic E-state index is 0.0120. The Labute approximate surface area is 172 Å². The SMILES string of the molecule is CS(=O)(=O)Nc1cc(C#N)cc(COc2c(Cl)cc(CCC(=O)O)cc2Cl)c1. The second kappa shape index (κ2) is 9.15. The summed E-state index contributed by atoms with van der Waals surface area (Å²) in [6.07, 6.45) is 1.23. The lowest BCUT2D eigenvalue weighted by molar-refractivity contribution is -0.136. The Morgan fingerprint density at radius 3 is 2.36 bits per heavy atom. The molecule has 0 atom stereocenters. The number of carbonyl (C=O) groups is 1. The van der Waals surface area contributed by atoms with Crippen LogP contribution in [0.1, 0.15) is 23.1 Å². The molecule has 0 aliphatic rings. The fraction of sp³-hybridized carbons (Fsp3) is 0.222. The molecule has 0 saturated carbocycles. The summed E-state index contributed by atoms with van der Waals surface area (Å²) in [5.41, 5.74) is 1.69. The van der Waals surface area contributed by atoms with E-state index in [2.05, 4.69) is 4.72 Å². The normalized spacial score (nSPS) is 10.9. The van der Waals surface area contributed by atoms with Gasteiger partial charge in [0.1, 0.15) is 6.61 Å². The fourth-order valence-electron chi connectivity index (χ4n) is 2.41. The minimum atomic E-state index is -3.50. The summed E-state index contributed by atoms with van der Waals surface area (Å²) in [5.74, 6) is -0.717. The van der Waals surface area contributed by atoms with Crippen LogP contribution in [0.15, 0.2) is 30.3 Å². The average molecular weight is 443 g/mol. The molecule has 0 amide bonds. The number of sulfonamides is 1. The van der Waals surface area contributed by atoms with E-state index < -0.39 is 16.0 Å². The van der Waals surface area contributed by atoms with Crippen molar-refractivity contribution in [3.05, 3.63) is 57.1 Å². The number of rotatable bonds is 8. The number of nitrogens with zero attached hydrogens (tertiary/aromatic N) is 1. The number of hydrogen-bond acceptors (Lipinski definition) is 5. The number of benzene rings is 2. The highest BCUT2D eigenvalue weighted by Gasteiger charge is 2.12. The Morgan fingerprint density at radius 2 is 1.82 bits per heavy atom. The summed E-state index contributed by atoms with van der Waals surface area (Å²) in [6, 6.07) is 9.60. The molecule has 148 valence electrons. The van der Waals surface area contributed by atoms with Gasteiger partial charge < -0.3 is 9.84 Å². The largest absolute Gasteiger partial charge is 0.486 e. The van der Waals surface area contributed by atoms with Gasteiger partial charge >= 0.3 is 5.97 Å². The van der Waals surface area contributed by atoms with E-state index in [-0.39, 0.29) is 46.5 Å². The van der Waals surface area contributed by atoms with E-state index in [0.717, 1.165) is 6.26 Å². The lowest BCUT2D eigenvalue weighted by atomic mass is 10.1. The van der Waals surface area contributed by atoms with Crippen LogP contribution in [0, 0.1) is 11.3 Å². The topological polar surface area (TPSA) is 116 Å². The van der Waals surface area contributed by atoms with E-state index in [9.17, 15) is 13.2 Å². The van der Waals surface area contributed by atoms with Crippen LogP contribution in [0.2, 0.25) is 10.0 Å². The first-order valence-corrected chi connectivity index (χ1v) is 10.6. The van der Waals surface area contributed by atoms with Crippen molar-refractivity contribution in [3.8, 4) is 11.8 Å². The lowest BCUT2D eigenvalue weighted by Gasteiger charge is -2.13. The number of carboxylic acid groups (broad SMARTS) is 1. The van der Waals surface area contributed by atoms with Gasteiger partial charge in [-0.15, -0.1) is 0 Å². The van der Waals surface area contributed by atoms with Gasteiger partial charge in [-0.1, -0.05) is 23.2 Å². The molecule has 0 aliphatic carbocycles. The molecule has 7 nitrogen and oxygen atoms in total. The Hall–Kier alpha value is -2.47. The lowest BCUT2D eigenvalue weighted by Crippen LogP contribution is -2.10. The van der Waals surface area contributed by atoms with Crippen molar-refractivity contribution in [1.29, 1.82) is 5.26 Å². The van der Waals surface area contributed by atoms with Crippen molar-refractivity contribution in [2.45, 2.75) is 19.4 Å². The molecule has 0 radical (unpaired) electrons. The third-order valence-corrected chi connectivity index (χ3v) is 4.66. The summed E-state index contributed by atoms with van der Waals surface area (Å²) < 4.78 is 30.8. The minimum Gasteiger partial charge on any atom is -0.486 e. The predicted octanol–water partition coefficient (Wildman–Crippen LogP) is 3.83. The third-order valence-electron chi connectivity index (χ3n) is 3.49. The number of hydrogen-bond donors (Lipinski definition) is 2. The number of nitriles is 1. The van der Waals surface area contributed by atoms with Gasteiger partial charge in [-0.3, -0.25) is 9.52 Å². The highest BCUT2D eigenvalue weighted by Crippen LogP contribution is 2.35. The Balaban J connectivity index is 2.20. The Morgan fingerprint density at radius 1 is 1.18 bits per heavy atom. The molecule has 0 unspecified atom stereocenters. The van der Waals surface area contributed by atoms with E-state index in [1.165, 1.54) is 12.1 Å². The van der Waals surface area contributed by atoms with Gasteiger partial charge in [0.25, 0.3) is 0 Å². The molecule has 0 saturated heterocycles. The van der Waals surface area contributed by atoms with E-state index >= 15 is 0 Å². The number of anilines is 1. The molecule has 2 N–H and O–H groups in total. The van der Waals surface area contributed by atoms with Crippen molar-refractivity contribution in [1.82, 2.24) is 0 Å². The molecule has 0 spiro atoms. The fourth-order valence-corrected chi connectivity index (χ4v) is 3.60. The van der Waals surface area contributed by atoms with Gasteiger partial charge in [0.05, 0.1) is 33.6 Å². The Kier molecular flexibility index (Phi) is 7.13. The van der Waals surface area contributed by atoms with Crippen molar-refractivity contribution in [3.63, 3.8) is 0 Å². The molecule has 0 aliphatic heterocycles. The van der Waals surface area contributed by atoms with Crippen molar-refractivity contribution in [2.24, 2.45) is 0 Å². The molecule has 2 rings (SSSR count). The van der Waals surface area contributed by atoms with Crippen molar-refractivity contribution >= 4 is 44.9 Å². The summed E-state index contributed by atoms with van der Waals surface area (Å²) in [5, 5.41) is 18.3. The van der Waals surface area contributed by atoms with E-state index in [1.54, 1.807) is 18.2 Å². The third kappa shape index (κ3) is 6.60. The van der Waals surface area contributed by atoms with Gasteiger partial charge in [0.2, 0.25) is 10.0 Å². The van der Waals surface area contributed by atoms with Crippen LogP contribution in [0.4, 0.5) is 5.69 Å². The summed E-state index contributed by atoms with van der Waals surface area (Å²) in [6.45, 7) is -0.0120. The van der Waals surface area contributed by atoms with Crippen LogP contribution in [-0.2, 0) is 27.8 Å². The standard InChI is InChI=1S/C18H16Cl2N2O5S/c1-28(25,26)22-14-5-12(9-21)4-13(6-14)10-27-18-15(19)7-11(8-16(18)20)2-3-17(23)24/h4-8,22H,2-3,10H2,1H3,(H,23,24). The number of halogens is 2. The molecule has 0 heterocycles. The van der Waals surface area contributed by atoms with E-state index in [1.807, 2.05) is 6.07 Å². The van der Waals surface area contributed by atoms with Crippen molar-refractivity contribution < 1.29 is 23.1 Å². The monoisotopic (exact) mass is 442 g/mol. The molecule has 2 aromatic carbocycles. The number of ether oxygens (including phenoxy) is 1. The molecule has 28 heavy (non-hydrogen) atoms. The number of nitrogens with one attached hydrogen (secondary N) is 1. The predicted molar refractivity (Wildman–Crippen MR) is 106 cm³/mol. The number of aliphatic carboxylic acids is 1. The Bertz CT molecular complexity index is 1030. The van der Waals surface area contributed by atoms with Gasteiger partial charge in [-0.2, -0.15) is 5.26 Å². The number of carboxylic acids is 1. The first-order valence-electron chi connectivity index (χ1n) is 7.92. The van der Waals surface area contributed by atoms with Crippen LogP contribution >= 0.6 is 23.2 Å². The van der Waals surface area contributed by atoms with Gasteiger partial charge in [-0.25, -0.2) is 8.42 Å². The molecule has 10 heteroatoms. The van der Waals surface area contributed by atoms with Gasteiger partial charge in [0, 0.05) is 6.42 Å². The highest BCUT2D eigenvalue weighted by atomic mass is 35.5. The van der Waals surface area contributed by atoms with Gasteiger partial charge in [-0.05, 0) is 47.9 Å². The van der Waals surface area contributed by atoms with Crippen LogP contribution in [0.3, 0.4) is 0 Å². The zero-order chi connectivity index (χ0) is 20.9.